The number of carbonyl (C=O) groups excluding carboxylic acids is 3. The summed E-state index contributed by atoms with van der Waals surface area (Å²) in [5.41, 5.74) is 0.280. The summed E-state index contributed by atoms with van der Waals surface area (Å²) < 4.78 is 10.6. The highest BCUT2D eigenvalue weighted by Crippen LogP contribution is 2.25. The van der Waals surface area contributed by atoms with Gasteiger partial charge in [0.1, 0.15) is 11.8 Å². The number of rotatable bonds is 7. The van der Waals surface area contributed by atoms with Gasteiger partial charge in [-0.2, -0.15) is 0 Å². The summed E-state index contributed by atoms with van der Waals surface area (Å²) in [7, 11) is 1.51. The normalized spacial score (nSPS) is 11.3. The van der Waals surface area contributed by atoms with Gasteiger partial charge in [-0.05, 0) is 48.0 Å². The Morgan fingerprint density at radius 2 is 2.00 bits per heavy atom. The van der Waals surface area contributed by atoms with Crippen molar-refractivity contribution in [2.24, 2.45) is 0 Å². The highest BCUT2D eigenvalue weighted by molar-refractivity contribution is 9.10. The quantitative estimate of drug-likeness (QED) is 0.687. The second-order valence-corrected chi connectivity index (χ2v) is 5.46. The highest BCUT2D eigenvalue weighted by atomic mass is 79.9. The van der Waals surface area contributed by atoms with Crippen molar-refractivity contribution in [3.05, 3.63) is 28.2 Å². The molecule has 2 N–H and O–H groups in total. The Morgan fingerprint density at radius 1 is 1.30 bits per heavy atom. The van der Waals surface area contributed by atoms with Crippen LogP contribution in [-0.2, 0) is 14.3 Å². The van der Waals surface area contributed by atoms with Gasteiger partial charge in [0.05, 0.1) is 17.1 Å². The molecule has 0 aliphatic heterocycles. The van der Waals surface area contributed by atoms with Crippen LogP contribution < -0.4 is 15.4 Å². The van der Waals surface area contributed by atoms with Crippen LogP contribution in [0.4, 0.5) is 0 Å². The molecule has 0 aliphatic carbocycles. The molecule has 1 aromatic carbocycles. The third-order valence-corrected chi connectivity index (χ3v) is 3.46. The van der Waals surface area contributed by atoms with Gasteiger partial charge in [-0.3, -0.25) is 9.59 Å². The van der Waals surface area contributed by atoms with E-state index in [4.69, 9.17) is 9.47 Å². The molecule has 23 heavy (non-hydrogen) atoms. The number of esters is 1. The van der Waals surface area contributed by atoms with Crippen LogP contribution in [0.1, 0.15) is 24.2 Å². The van der Waals surface area contributed by atoms with Crippen LogP contribution >= 0.6 is 15.9 Å². The number of methoxy groups -OCH3 is 1. The summed E-state index contributed by atoms with van der Waals surface area (Å²) in [6.07, 6.45) is 0. The van der Waals surface area contributed by atoms with Gasteiger partial charge >= 0.3 is 5.97 Å². The van der Waals surface area contributed by atoms with E-state index in [9.17, 15) is 14.4 Å². The minimum absolute atomic E-state index is 0.280. The van der Waals surface area contributed by atoms with Crippen molar-refractivity contribution in [3.63, 3.8) is 0 Å². The highest BCUT2D eigenvalue weighted by Gasteiger charge is 2.17. The first-order valence-electron chi connectivity index (χ1n) is 6.96. The summed E-state index contributed by atoms with van der Waals surface area (Å²) in [6, 6.07) is 3.98. The molecule has 0 spiro atoms. The molecule has 8 heteroatoms. The lowest BCUT2D eigenvalue weighted by atomic mass is 10.2. The van der Waals surface area contributed by atoms with Crippen LogP contribution in [-0.4, -0.2) is 44.1 Å². The molecular weight excluding hydrogens is 368 g/mol. The number of amides is 2. The lowest BCUT2D eigenvalue weighted by Crippen LogP contribution is -2.46. The minimum atomic E-state index is -0.698. The maximum absolute atomic E-state index is 11.9. The van der Waals surface area contributed by atoms with E-state index in [1.807, 2.05) is 0 Å². The molecule has 1 rings (SSSR count). The van der Waals surface area contributed by atoms with E-state index in [1.165, 1.54) is 19.2 Å². The number of hydrogen-bond acceptors (Lipinski definition) is 5. The second kappa shape index (κ2) is 9.14. The Bertz CT molecular complexity index is 591. The monoisotopic (exact) mass is 386 g/mol. The zero-order valence-corrected chi connectivity index (χ0v) is 14.7. The number of likely N-dealkylation sites (N-methyl/N-ethyl adjacent to an activating group) is 1. The Morgan fingerprint density at radius 3 is 2.57 bits per heavy atom. The number of halogens is 1. The molecule has 2 amide bonds. The number of hydrogen-bond donors (Lipinski definition) is 2. The molecule has 1 atom stereocenters. The van der Waals surface area contributed by atoms with Crippen LogP contribution in [0.25, 0.3) is 0 Å². The van der Waals surface area contributed by atoms with Crippen LogP contribution in [0.3, 0.4) is 0 Å². The standard InChI is InChI=1S/C15H19BrN2O5/c1-4-17-14(20)9(2)18-13(19)8-23-15(21)10-5-6-12(22-3)11(16)7-10/h5-7,9H,4,8H2,1-3H3,(H,17,20)(H,18,19)/t9-/m0/s1. The fraction of sp³-hybridized carbons (Fsp3) is 0.400. The summed E-state index contributed by atoms with van der Waals surface area (Å²) in [6.45, 7) is 3.33. The third kappa shape index (κ3) is 5.90. The summed E-state index contributed by atoms with van der Waals surface area (Å²) in [4.78, 5) is 35.0. The molecule has 7 nitrogen and oxygen atoms in total. The van der Waals surface area contributed by atoms with Crippen molar-refractivity contribution in [1.82, 2.24) is 10.6 Å². The van der Waals surface area contributed by atoms with Crippen molar-refractivity contribution >= 4 is 33.7 Å². The maximum atomic E-state index is 11.9. The van der Waals surface area contributed by atoms with Crippen molar-refractivity contribution < 1.29 is 23.9 Å². The second-order valence-electron chi connectivity index (χ2n) is 4.61. The van der Waals surface area contributed by atoms with Gasteiger partial charge in [-0.15, -0.1) is 0 Å². The van der Waals surface area contributed by atoms with Gasteiger partial charge in [-0.25, -0.2) is 4.79 Å². The zero-order chi connectivity index (χ0) is 17.4. The molecular formula is C15H19BrN2O5. The molecule has 0 heterocycles. The van der Waals surface area contributed by atoms with Crippen LogP contribution in [0.15, 0.2) is 22.7 Å². The first-order valence-corrected chi connectivity index (χ1v) is 7.76. The van der Waals surface area contributed by atoms with Gasteiger partial charge in [0.15, 0.2) is 6.61 Å². The average molecular weight is 387 g/mol. The van der Waals surface area contributed by atoms with E-state index in [-0.39, 0.29) is 11.5 Å². The van der Waals surface area contributed by atoms with Gasteiger partial charge in [0.25, 0.3) is 5.91 Å². The average Bonchev–Trinajstić information content (AvgIpc) is 2.52. The molecule has 0 aliphatic rings. The molecule has 0 bridgehead atoms. The molecule has 0 saturated heterocycles. The van der Waals surface area contributed by atoms with Crippen LogP contribution in [0, 0.1) is 0 Å². The number of benzene rings is 1. The first kappa shape index (κ1) is 19.0. The maximum Gasteiger partial charge on any atom is 0.338 e. The predicted octanol–water partition coefficient (Wildman–Crippen LogP) is 1.26. The Kier molecular flexibility index (Phi) is 7.53. The van der Waals surface area contributed by atoms with E-state index in [0.29, 0.717) is 16.8 Å². The molecule has 0 unspecified atom stereocenters. The summed E-state index contributed by atoms with van der Waals surface area (Å²) >= 11 is 3.26. The Balaban J connectivity index is 2.51. The molecule has 1 aromatic rings. The van der Waals surface area contributed by atoms with Crippen molar-refractivity contribution in [2.75, 3.05) is 20.3 Å². The third-order valence-electron chi connectivity index (χ3n) is 2.84. The van der Waals surface area contributed by atoms with Crippen LogP contribution in [0.5, 0.6) is 5.75 Å². The van der Waals surface area contributed by atoms with E-state index in [0.717, 1.165) is 0 Å². The van der Waals surface area contributed by atoms with Crippen LogP contribution in [0.2, 0.25) is 0 Å². The lowest BCUT2D eigenvalue weighted by molar-refractivity contribution is -0.130. The molecule has 0 saturated carbocycles. The molecule has 0 aromatic heterocycles. The largest absolute Gasteiger partial charge is 0.496 e. The van der Waals surface area contributed by atoms with Crippen molar-refractivity contribution in [1.29, 1.82) is 0 Å². The fourth-order valence-electron chi connectivity index (χ4n) is 1.68. The predicted molar refractivity (Wildman–Crippen MR) is 87.3 cm³/mol. The molecule has 0 fully saturated rings. The van der Waals surface area contributed by atoms with E-state index < -0.39 is 24.5 Å². The zero-order valence-electron chi connectivity index (χ0n) is 13.1. The topological polar surface area (TPSA) is 93.7 Å². The van der Waals surface area contributed by atoms with Crippen molar-refractivity contribution in [2.45, 2.75) is 19.9 Å². The van der Waals surface area contributed by atoms with Gasteiger partial charge < -0.3 is 20.1 Å². The lowest BCUT2D eigenvalue weighted by Gasteiger charge is -2.13. The molecule has 0 radical (unpaired) electrons. The molecule has 126 valence electrons. The van der Waals surface area contributed by atoms with Gasteiger partial charge in [-0.1, -0.05) is 0 Å². The fourth-order valence-corrected chi connectivity index (χ4v) is 2.22. The van der Waals surface area contributed by atoms with Gasteiger partial charge in [0.2, 0.25) is 5.91 Å². The Labute approximate surface area is 142 Å². The first-order chi connectivity index (χ1) is 10.9. The Hall–Kier alpha value is -2.09. The van der Waals surface area contributed by atoms with Crippen molar-refractivity contribution in [3.8, 4) is 5.75 Å². The smallest absolute Gasteiger partial charge is 0.338 e. The van der Waals surface area contributed by atoms with E-state index in [1.54, 1.807) is 19.9 Å². The number of ether oxygens (including phenoxy) is 2. The minimum Gasteiger partial charge on any atom is -0.496 e. The number of nitrogens with one attached hydrogen (secondary N) is 2. The number of carbonyl (C=O) groups is 3. The van der Waals surface area contributed by atoms with Gasteiger partial charge in [0, 0.05) is 6.54 Å². The summed E-state index contributed by atoms with van der Waals surface area (Å²) in [5.74, 6) is -0.917. The van der Waals surface area contributed by atoms with E-state index in [2.05, 4.69) is 26.6 Å². The SMILES string of the molecule is CCNC(=O)[C@H](C)NC(=O)COC(=O)c1ccc(OC)c(Br)c1. The van der Waals surface area contributed by atoms with E-state index >= 15 is 0 Å². The summed E-state index contributed by atoms with van der Waals surface area (Å²) in [5, 5.41) is 5.02.